The van der Waals surface area contributed by atoms with Crippen molar-refractivity contribution in [1.29, 1.82) is 0 Å². The molecule has 0 saturated carbocycles. The van der Waals surface area contributed by atoms with E-state index < -0.39 is 36.3 Å². The van der Waals surface area contributed by atoms with Crippen LogP contribution in [0, 0.1) is 5.82 Å². The van der Waals surface area contributed by atoms with E-state index in [1.807, 2.05) is 0 Å². The van der Waals surface area contributed by atoms with Crippen molar-refractivity contribution in [3.8, 4) is 22.6 Å². The Bertz CT molecular complexity index is 1450. The molecule has 0 bridgehead atoms. The third kappa shape index (κ3) is 5.94. The van der Waals surface area contributed by atoms with Crippen molar-refractivity contribution < 1.29 is 50.8 Å². The lowest BCUT2D eigenvalue weighted by atomic mass is 9.89. The number of phenolic OH excluding ortho intramolecular Hbond substituents is 1. The highest BCUT2D eigenvalue weighted by atomic mass is 19.4. The first-order chi connectivity index (χ1) is 18.2. The molecule has 0 aromatic heterocycles. The minimum atomic E-state index is -6.08. The summed E-state index contributed by atoms with van der Waals surface area (Å²) in [5, 5.41) is 31.1. The van der Waals surface area contributed by atoms with Crippen LogP contribution in [-0.2, 0) is 6.61 Å². The molecule has 1 unspecified atom stereocenters. The number of ether oxygens (including phenoxy) is 1. The highest BCUT2D eigenvalue weighted by Crippen LogP contribution is 2.48. The van der Waals surface area contributed by atoms with E-state index in [0.29, 0.717) is 16.5 Å². The Morgan fingerprint density at radius 3 is 2.00 bits per heavy atom. The van der Waals surface area contributed by atoms with Crippen LogP contribution in [-0.4, -0.2) is 33.3 Å². The SMILES string of the molecule is Oc1ccc2cc(-c3ccc(C(O)CC(O)(C(F)(F)F)C(F)(F)F)cc3COc3ccc(F)cc3)ccc2c1. The number of hydrogen-bond donors (Lipinski definition) is 3. The number of halogens is 7. The van der Waals surface area contributed by atoms with Gasteiger partial charge in [-0.05, 0) is 81.6 Å². The number of rotatable bonds is 7. The summed E-state index contributed by atoms with van der Waals surface area (Å²) in [4.78, 5) is 0. The van der Waals surface area contributed by atoms with Crippen LogP contribution in [0.5, 0.6) is 11.5 Å². The Balaban J connectivity index is 1.73. The number of aromatic hydroxyl groups is 1. The minimum absolute atomic E-state index is 0.0552. The van der Waals surface area contributed by atoms with Gasteiger partial charge in [-0.1, -0.05) is 30.3 Å². The number of alkyl halides is 6. The Hall–Kier alpha value is -3.83. The topological polar surface area (TPSA) is 69.9 Å². The normalized spacial score (nSPS) is 13.5. The van der Waals surface area contributed by atoms with Gasteiger partial charge in [0.1, 0.15) is 23.9 Å². The summed E-state index contributed by atoms with van der Waals surface area (Å²) in [6.07, 6.45) is -16.6. The quantitative estimate of drug-likeness (QED) is 0.211. The Labute approximate surface area is 217 Å². The second-order valence-corrected chi connectivity index (χ2v) is 8.98. The predicted octanol–water partition coefficient (Wildman–Crippen LogP) is 7.21. The first kappa shape index (κ1) is 28.2. The predicted molar refractivity (Wildman–Crippen MR) is 128 cm³/mol. The summed E-state index contributed by atoms with van der Waals surface area (Å²) in [6, 6.07) is 18.6. The number of hydrogen-bond acceptors (Lipinski definition) is 4. The van der Waals surface area contributed by atoms with Gasteiger partial charge in [-0.2, -0.15) is 26.3 Å². The fraction of sp³-hybridized carbons (Fsp3) is 0.214. The summed E-state index contributed by atoms with van der Waals surface area (Å²) in [5.41, 5.74) is -4.06. The van der Waals surface area contributed by atoms with Crippen LogP contribution in [0.15, 0.2) is 78.9 Å². The molecule has 0 radical (unpaired) electrons. The summed E-state index contributed by atoms with van der Waals surface area (Å²) in [7, 11) is 0. The molecule has 4 aromatic carbocycles. The smallest absolute Gasteiger partial charge is 0.426 e. The van der Waals surface area contributed by atoms with Gasteiger partial charge in [-0.3, -0.25) is 0 Å². The van der Waals surface area contributed by atoms with E-state index in [4.69, 9.17) is 4.74 Å². The van der Waals surface area contributed by atoms with Crippen molar-refractivity contribution in [3.05, 3.63) is 95.8 Å². The van der Waals surface area contributed by atoms with E-state index >= 15 is 0 Å². The van der Waals surface area contributed by atoms with Gasteiger partial charge in [0.2, 0.25) is 0 Å². The number of aliphatic hydroxyl groups is 2. The van der Waals surface area contributed by atoms with Crippen LogP contribution < -0.4 is 4.74 Å². The zero-order chi connectivity index (χ0) is 28.6. The molecule has 4 aromatic rings. The molecular formula is C28H21F7O4. The number of fused-ring (bicyclic) bond motifs is 1. The van der Waals surface area contributed by atoms with Crippen molar-refractivity contribution in [2.45, 2.75) is 37.1 Å². The molecule has 4 nitrogen and oxygen atoms in total. The largest absolute Gasteiger partial charge is 0.508 e. The molecule has 0 saturated heterocycles. The van der Waals surface area contributed by atoms with Crippen LogP contribution >= 0.6 is 0 Å². The number of benzene rings is 4. The lowest BCUT2D eigenvalue weighted by molar-refractivity contribution is -0.374. The lowest BCUT2D eigenvalue weighted by Gasteiger charge is -2.34. The molecule has 1 atom stereocenters. The summed E-state index contributed by atoms with van der Waals surface area (Å²) < 4.78 is 98.0. The van der Waals surface area contributed by atoms with E-state index in [2.05, 4.69) is 0 Å². The van der Waals surface area contributed by atoms with Crippen molar-refractivity contribution in [1.82, 2.24) is 0 Å². The van der Waals surface area contributed by atoms with Crippen molar-refractivity contribution >= 4 is 10.8 Å². The van der Waals surface area contributed by atoms with Gasteiger partial charge in [0, 0.05) is 6.42 Å². The molecule has 0 aliphatic carbocycles. The van der Waals surface area contributed by atoms with Gasteiger partial charge in [0.15, 0.2) is 0 Å². The van der Waals surface area contributed by atoms with Gasteiger partial charge < -0.3 is 20.1 Å². The second kappa shape index (κ2) is 10.4. The Morgan fingerprint density at radius 1 is 0.744 bits per heavy atom. The molecule has 4 rings (SSSR count). The van der Waals surface area contributed by atoms with Gasteiger partial charge >= 0.3 is 12.4 Å². The first-order valence-electron chi connectivity index (χ1n) is 11.5. The number of phenols is 1. The van der Waals surface area contributed by atoms with Crippen molar-refractivity contribution in [2.24, 2.45) is 0 Å². The maximum atomic E-state index is 13.3. The molecule has 0 aliphatic heterocycles. The molecule has 0 fully saturated rings. The maximum absolute atomic E-state index is 13.3. The molecule has 0 amide bonds. The van der Waals surface area contributed by atoms with Gasteiger partial charge in [-0.25, -0.2) is 4.39 Å². The average molecular weight is 554 g/mol. The standard InChI is InChI=1S/C28H21F7O4/c29-21-5-8-23(9-6-21)39-15-20-12-19(25(37)14-26(38,27(30,31)32)28(33,34)35)4-10-24(20)18-2-1-17-13-22(36)7-3-16(17)11-18/h1-13,25,36-38H,14-15H2. The maximum Gasteiger partial charge on any atom is 0.426 e. The van der Waals surface area contributed by atoms with E-state index in [-0.39, 0.29) is 29.2 Å². The molecule has 206 valence electrons. The van der Waals surface area contributed by atoms with Crippen molar-refractivity contribution in [3.63, 3.8) is 0 Å². The van der Waals surface area contributed by atoms with E-state index in [0.717, 1.165) is 23.6 Å². The summed E-state index contributed by atoms with van der Waals surface area (Å²) in [5.74, 6) is -0.220. The zero-order valence-corrected chi connectivity index (χ0v) is 19.9. The van der Waals surface area contributed by atoms with Crippen LogP contribution in [0.4, 0.5) is 30.7 Å². The van der Waals surface area contributed by atoms with Crippen LogP contribution in [0.25, 0.3) is 21.9 Å². The molecule has 3 N–H and O–H groups in total. The summed E-state index contributed by atoms with van der Waals surface area (Å²) >= 11 is 0. The monoisotopic (exact) mass is 554 g/mol. The highest BCUT2D eigenvalue weighted by Gasteiger charge is 2.70. The van der Waals surface area contributed by atoms with Gasteiger partial charge in [0.05, 0.1) is 6.10 Å². The Morgan fingerprint density at radius 2 is 1.36 bits per heavy atom. The second-order valence-electron chi connectivity index (χ2n) is 8.98. The molecule has 11 heteroatoms. The summed E-state index contributed by atoms with van der Waals surface area (Å²) in [6.45, 7) is -0.238. The highest BCUT2D eigenvalue weighted by molar-refractivity contribution is 5.88. The van der Waals surface area contributed by atoms with Gasteiger partial charge in [0.25, 0.3) is 5.60 Å². The van der Waals surface area contributed by atoms with Gasteiger partial charge in [-0.15, -0.1) is 0 Å². The van der Waals surface area contributed by atoms with E-state index in [1.165, 1.54) is 30.3 Å². The zero-order valence-electron chi connectivity index (χ0n) is 19.9. The molecule has 39 heavy (non-hydrogen) atoms. The molecule has 0 heterocycles. The average Bonchev–Trinajstić information content (AvgIpc) is 2.86. The molecular weight excluding hydrogens is 533 g/mol. The number of aliphatic hydroxyl groups excluding tert-OH is 1. The van der Waals surface area contributed by atoms with Crippen molar-refractivity contribution in [2.75, 3.05) is 0 Å². The van der Waals surface area contributed by atoms with Crippen LogP contribution in [0.2, 0.25) is 0 Å². The third-order valence-corrected chi connectivity index (χ3v) is 6.28. The lowest BCUT2D eigenvalue weighted by Crippen LogP contribution is -2.57. The minimum Gasteiger partial charge on any atom is -0.508 e. The Kier molecular flexibility index (Phi) is 7.50. The van der Waals surface area contributed by atoms with E-state index in [9.17, 15) is 46.1 Å². The van der Waals surface area contributed by atoms with Crippen LogP contribution in [0.1, 0.15) is 23.7 Å². The molecule has 0 spiro atoms. The molecule has 0 aliphatic rings. The fourth-order valence-corrected chi connectivity index (χ4v) is 4.10. The fourth-order valence-electron chi connectivity index (χ4n) is 4.10. The van der Waals surface area contributed by atoms with Crippen LogP contribution in [0.3, 0.4) is 0 Å². The van der Waals surface area contributed by atoms with E-state index in [1.54, 1.807) is 30.3 Å². The third-order valence-electron chi connectivity index (χ3n) is 6.28. The first-order valence-corrected chi connectivity index (χ1v) is 11.5.